The molecule has 0 aromatic carbocycles. The van der Waals surface area contributed by atoms with Crippen LogP contribution in [0, 0.1) is 5.92 Å². The van der Waals surface area contributed by atoms with E-state index in [9.17, 15) is 9.59 Å². The van der Waals surface area contributed by atoms with Crippen molar-refractivity contribution in [2.45, 2.75) is 19.8 Å². The molecule has 0 bridgehead atoms. The third kappa shape index (κ3) is 1.99. The maximum atomic E-state index is 10.7. The summed E-state index contributed by atoms with van der Waals surface area (Å²) < 4.78 is 0. The topological polar surface area (TPSA) is 46.2 Å². The first-order valence-electron chi connectivity index (χ1n) is 3.04. The van der Waals surface area contributed by atoms with Crippen molar-refractivity contribution in [1.82, 2.24) is 5.32 Å². The lowest BCUT2D eigenvalue weighted by molar-refractivity contribution is -0.135. The highest BCUT2D eigenvalue weighted by molar-refractivity contribution is 5.98. The lowest BCUT2D eigenvalue weighted by atomic mass is 10.0. The summed E-state index contributed by atoms with van der Waals surface area (Å²) in [6.07, 6.45) is 1.19. The third-order valence-electron chi connectivity index (χ3n) is 1.51. The highest BCUT2D eigenvalue weighted by atomic mass is 35.5. The average Bonchev–Trinajstić information content (AvgIpc) is 1.80. The molecular formula is C6H10ClNO2. The minimum atomic E-state index is -0.141. The van der Waals surface area contributed by atoms with Crippen LogP contribution in [0.2, 0.25) is 0 Å². The van der Waals surface area contributed by atoms with Crippen LogP contribution in [0.15, 0.2) is 0 Å². The maximum absolute atomic E-state index is 10.7. The van der Waals surface area contributed by atoms with Crippen molar-refractivity contribution < 1.29 is 9.59 Å². The van der Waals surface area contributed by atoms with E-state index in [1.165, 1.54) is 0 Å². The van der Waals surface area contributed by atoms with Crippen molar-refractivity contribution in [3.63, 3.8) is 0 Å². The molecule has 3 nitrogen and oxygen atoms in total. The highest BCUT2D eigenvalue weighted by Crippen LogP contribution is 2.09. The largest absolute Gasteiger partial charge is 0.296 e. The molecule has 0 aromatic rings. The Morgan fingerprint density at radius 3 is 2.50 bits per heavy atom. The molecule has 1 heterocycles. The zero-order chi connectivity index (χ0) is 6.85. The Morgan fingerprint density at radius 2 is 2.10 bits per heavy atom. The molecule has 2 amide bonds. The minimum Gasteiger partial charge on any atom is -0.296 e. The molecule has 1 unspecified atom stereocenters. The van der Waals surface area contributed by atoms with E-state index in [4.69, 9.17) is 0 Å². The second-order valence-electron chi connectivity index (χ2n) is 2.35. The Hall–Kier alpha value is -0.570. The number of rotatable bonds is 0. The first-order valence-corrected chi connectivity index (χ1v) is 3.04. The number of carbonyl (C=O) groups excluding carboxylic acids is 2. The van der Waals surface area contributed by atoms with Crippen LogP contribution in [-0.4, -0.2) is 11.8 Å². The fourth-order valence-corrected chi connectivity index (χ4v) is 0.802. The summed E-state index contributed by atoms with van der Waals surface area (Å²) in [6.45, 7) is 1.82. The van der Waals surface area contributed by atoms with Gasteiger partial charge in [0.25, 0.3) is 0 Å². The van der Waals surface area contributed by atoms with Gasteiger partial charge in [0, 0.05) is 12.3 Å². The predicted molar refractivity (Wildman–Crippen MR) is 38.8 cm³/mol. The van der Waals surface area contributed by atoms with E-state index in [1.54, 1.807) is 0 Å². The molecule has 58 valence electrons. The quantitative estimate of drug-likeness (QED) is 0.528. The van der Waals surface area contributed by atoms with E-state index in [-0.39, 0.29) is 30.1 Å². The third-order valence-corrected chi connectivity index (χ3v) is 1.51. The lowest BCUT2D eigenvalue weighted by Gasteiger charge is -2.15. The van der Waals surface area contributed by atoms with Gasteiger partial charge >= 0.3 is 0 Å². The molecular weight excluding hydrogens is 154 g/mol. The summed E-state index contributed by atoms with van der Waals surface area (Å²) in [7, 11) is 0. The van der Waals surface area contributed by atoms with Crippen molar-refractivity contribution in [2.24, 2.45) is 5.92 Å². The van der Waals surface area contributed by atoms with E-state index in [0.717, 1.165) is 0 Å². The normalized spacial score (nSPS) is 25.1. The number of halogens is 1. The van der Waals surface area contributed by atoms with Crippen LogP contribution in [0.3, 0.4) is 0 Å². The first kappa shape index (κ1) is 9.43. The maximum Gasteiger partial charge on any atom is 0.229 e. The van der Waals surface area contributed by atoms with E-state index in [1.807, 2.05) is 6.92 Å². The van der Waals surface area contributed by atoms with Gasteiger partial charge in [-0.25, -0.2) is 0 Å². The fourth-order valence-electron chi connectivity index (χ4n) is 0.802. The summed E-state index contributed by atoms with van der Waals surface area (Å²) in [5.41, 5.74) is 0. The van der Waals surface area contributed by atoms with E-state index in [0.29, 0.717) is 12.8 Å². The predicted octanol–water partition coefficient (Wildman–Crippen LogP) is 0.481. The fraction of sp³-hybridized carbons (Fsp3) is 0.667. The number of amides is 2. The summed E-state index contributed by atoms with van der Waals surface area (Å²) in [5.74, 6) is -0.257. The zero-order valence-electron chi connectivity index (χ0n) is 5.72. The molecule has 0 aliphatic carbocycles. The van der Waals surface area contributed by atoms with Gasteiger partial charge in [0.05, 0.1) is 0 Å². The molecule has 4 heteroatoms. The Bertz CT molecular complexity index is 158. The van der Waals surface area contributed by atoms with Crippen LogP contribution in [0.25, 0.3) is 0 Å². The summed E-state index contributed by atoms with van der Waals surface area (Å²) in [4.78, 5) is 21.2. The zero-order valence-corrected chi connectivity index (χ0v) is 6.53. The Kier molecular flexibility index (Phi) is 3.36. The number of imide groups is 1. The number of hydrogen-bond donors (Lipinski definition) is 1. The first-order chi connectivity index (χ1) is 4.20. The molecule has 1 saturated heterocycles. The molecule has 10 heavy (non-hydrogen) atoms. The Labute approximate surface area is 65.6 Å². The van der Waals surface area contributed by atoms with Crippen molar-refractivity contribution >= 4 is 24.2 Å². The SMILES string of the molecule is CC1CCC(=O)NC1=O.Cl. The van der Waals surface area contributed by atoms with Gasteiger partial charge in [0.15, 0.2) is 0 Å². The van der Waals surface area contributed by atoms with Crippen molar-refractivity contribution in [1.29, 1.82) is 0 Å². The van der Waals surface area contributed by atoms with Crippen molar-refractivity contribution in [3.05, 3.63) is 0 Å². The molecule has 0 aromatic heterocycles. The second-order valence-corrected chi connectivity index (χ2v) is 2.35. The standard InChI is InChI=1S/C6H9NO2.ClH/c1-4-2-3-5(8)7-6(4)9;/h4H,2-3H2,1H3,(H,7,8,9);1H. The number of piperidine rings is 1. The van der Waals surface area contributed by atoms with Crippen LogP contribution < -0.4 is 5.32 Å². The van der Waals surface area contributed by atoms with Gasteiger partial charge in [0.1, 0.15) is 0 Å². The monoisotopic (exact) mass is 163 g/mol. The molecule has 1 aliphatic heterocycles. The van der Waals surface area contributed by atoms with Crippen LogP contribution in [0.1, 0.15) is 19.8 Å². The van der Waals surface area contributed by atoms with E-state index < -0.39 is 0 Å². The molecule has 0 saturated carbocycles. The van der Waals surface area contributed by atoms with Crippen molar-refractivity contribution in [3.8, 4) is 0 Å². The number of carbonyl (C=O) groups is 2. The Balaban J connectivity index is 0.000000810. The minimum absolute atomic E-state index is 0. The molecule has 1 N–H and O–H groups in total. The van der Waals surface area contributed by atoms with Crippen LogP contribution in [0.5, 0.6) is 0 Å². The Morgan fingerprint density at radius 1 is 1.50 bits per heavy atom. The molecule has 1 rings (SSSR count). The summed E-state index contributed by atoms with van der Waals surface area (Å²) in [6, 6.07) is 0. The van der Waals surface area contributed by atoms with Crippen molar-refractivity contribution in [2.75, 3.05) is 0 Å². The number of hydrogen-bond acceptors (Lipinski definition) is 2. The van der Waals surface area contributed by atoms with Crippen LogP contribution >= 0.6 is 12.4 Å². The van der Waals surface area contributed by atoms with E-state index >= 15 is 0 Å². The van der Waals surface area contributed by atoms with Gasteiger partial charge in [-0.1, -0.05) is 6.92 Å². The van der Waals surface area contributed by atoms with Crippen LogP contribution in [0.4, 0.5) is 0 Å². The van der Waals surface area contributed by atoms with E-state index in [2.05, 4.69) is 5.32 Å². The molecule has 0 radical (unpaired) electrons. The smallest absolute Gasteiger partial charge is 0.229 e. The summed E-state index contributed by atoms with van der Waals surface area (Å²) in [5, 5.41) is 2.25. The second kappa shape index (κ2) is 3.56. The van der Waals surface area contributed by atoms with Gasteiger partial charge in [-0.05, 0) is 6.42 Å². The molecule has 1 aliphatic rings. The van der Waals surface area contributed by atoms with Gasteiger partial charge < -0.3 is 0 Å². The lowest BCUT2D eigenvalue weighted by Crippen LogP contribution is -2.39. The highest BCUT2D eigenvalue weighted by Gasteiger charge is 2.21. The number of nitrogens with one attached hydrogen (secondary N) is 1. The van der Waals surface area contributed by atoms with Gasteiger partial charge in [-0.2, -0.15) is 0 Å². The molecule has 0 spiro atoms. The van der Waals surface area contributed by atoms with Gasteiger partial charge in [-0.15, -0.1) is 12.4 Å². The van der Waals surface area contributed by atoms with Gasteiger partial charge in [-0.3, -0.25) is 14.9 Å². The average molecular weight is 164 g/mol. The molecule has 1 atom stereocenters. The molecule has 1 fully saturated rings. The van der Waals surface area contributed by atoms with Gasteiger partial charge in [0.2, 0.25) is 11.8 Å². The summed E-state index contributed by atoms with van der Waals surface area (Å²) >= 11 is 0. The van der Waals surface area contributed by atoms with Crippen LogP contribution in [-0.2, 0) is 9.59 Å².